The lowest BCUT2D eigenvalue weighted by Gasteiger charge is -2.09. The van der Waals surface area contributed by atoms with Gasteiger partial charge in [-0.25, -0.2) is 14.3 Å². The topological polar surface area (TPSA) is 96.7 Å². The number of H-pyrrole nitrogens is 1. The first-order chi connectivity index (χ1) is 11.5. The number of aromatic amines is 1. The molecular formula is C16H14ClN3O4. The van der Waals surface area contributed by atoms with E-state index in [9.17, 15) is 14.7 Å². The first-order valence-electron chi connectivity index (χ1n) is 7.10. The average Bonchev–Trinajstić information content (AvgIpc) is 2.97. The number of nitrogens with one attached hydrogen (secondary N) is 1. The molecule has 0 unspecified atom stereocenters. The Morgan fingerprint density at radius 2 is 2.08 bits per heavy atom. The third-order valence-electron chi connectivity index (χ3n) is 3.65. The minimum Gasteiger partial charge on any atom is -0.477 e. The predicted octanol–water partition coefficient (Wildman–Crippen LogP) is 2.11. The molecule has 3 aromatic rings. The standard InChI is InChI=1S/C16H14ClN3O4/c1-24-8-13-11(6-9-2-4-10(17)5-3-9)15(21)20-14(19-13)12(7-18-20)16(22)23/h2-5,7,18H,6,8H2,1H3,(H,22,23). The van der Waals surface area contributed by atoms with Crippen molar-refractivity contribution >= 4 is 23.2 Å². The number of aromatic nitrogens is 3. The molecule has 1 aromatic carbocycles. The molecule has 0 fully saturated rings. The van der Waals surface area contributed by atoms with Crippen LogP contribution >= 0.6 is 11.6 Å². The normalized spacial score (nSPS) is 11.1. The Kier molecular flexibility index (Phi) is 4.37. The molecule has 0 spiro atoms. The van der Waals surface area contributed by atoms with E-state index in [0.717, 1.165) is 10.1 Å². The number of fused-ring (bicyclic) bond motifs is 1. The zero-order valence-corrected chi connectivity index (χ0v) is 13.5. The monoisotopic (exact) mass is 347 g/mol. The van der Waals surface area contributed by atoms with Crippen LogP contribution in [0.2, 0.25) is 5.02 Å². The zero-order chi connectivity index (χ0) is 17.3. The Bertz CT molecular complexity index is 960. The van der Waals surface area contributed by atoms with Gasteiger partial charge in [0, 0.05) is 30.3 Å². The van der Waals surface area contributed by atoms with E-state index in [2.05, 4.69) is 10.1 Å². The van der Waals surface area contributed by atoms with Crippen molar-refractivity contribution in [2.24, 2.45) is 0 Å². The molecule has 2 N–H and O–H groups in total. The lowest BCUT2D eigenvalue weighted by Crippen LogP contribution is -2.24. The molecule has 0 aliphatic heterocycles. The van der Waals surface area contributed by atoms with Crippen LogP contribution in [-0.4, -0.2) is 32.8 Å². The van der Waals surface area contributed by atoms with Gasteiger partial charge in [0.15, 0.2) is 5.65 Å². The van der Waals surface area contributed by atoms with Gasteiger partial charge in [0.25, 0.3) is 5.56 Å². The Balaban J connectivity index is 2.16. The predicted molar refractivity (Wildman–Crippen MR) is 87.7 cm³/mol. The number of hydrogen-bond acceptors (Lipinski definition) is 4. The summed E-state index contributed by atoms with van der Waals surface area (Å²) in [6.45, 7) is 0.110. The minimum atomic E-state index is -1.16. The fraction of sp³-hybridized carbons (Fsp3) is 0.188. The van der Waals surface area contributed by atoms with E-state index < -0.39 is 5.97 Å². The van der Waals surface area contributed by atoms with E-state index in [1.807, 2.05) is 12.1 Å². The Labute approximate surface area is 141 Å². The molecule has 2 heterocycles. The molecule has 3 rings (SSSR count). The van der Waals surface area contributed by atoms with Gasteiger partial charge in [0.1, 0.15) is 5.56 Å². The summed E-state index contributed by atoms with van der Waals surface area (Å²) < 4.78 is 6.25. The number of halogens is 1. The van der Waals surface area contributed by atoms with Crippen molar-refractivity contribution in [1.29, 1.82) is 0 Å². The van der Waals surface area contributed by atoms with Gasteiger partial charge in [-0.2, -0.15) is 0 Å². The first-order valence-corrected chi connectivity index (χ1v) is 7.47. The summed E-state index contributed by atoms with van der Waals surface area (Å²) in [6, 6.07) is 7.14. The lowest BCUT2D eigenvalue weighted by atomic mass is 10.0. The van der Waals surface area contributed by atoms with Crippen LogP contribution in [0.25, 0.3) is 5.65 Å². The van der Waals surface area contributed by atoms with E-state index >= 15 is 0 Å². The van der Waals surface area contributed by atoms with Gasteiger partial charge in [0.05, 0.1) is 12.3 Å². The van der Waals surface area contributed by atoms with Crippen molar-refractivity contribution in [3.05, 3.63) is 68.2 Å². The molecule has 7 nitrogen and oxygen atoms in total. The first kappa shape index (κ1) is 16.2. The Hall–Kier alpha value is -2.64. The summed E-state index contributed by atoms with van der Waals surface area (Å²) in [5.41, 5.74) is 1.40. The fourth-order valence-corrected chi connectivity index (χ4v) is 2.62. The molecule has 124 valence electrons. The smallest absolute Gasteiger partial charge is 0.341 e. The molecule has 0 aliphatic carbocycles. The van der Waals surface area contributed by atoms with Crippen molar-refractivity contribution in [2.75, 3.05) is 7.11 Å². The molecular weight excluding hydrogens is 334 g/mol. The maximum atomic E-state index is 12.7. The van der Waals surface area contributed by atoms with Gasteiger partial charge in [0.2, 0.25) is 0 Å². The van der Waals surface area contributed by atoms with Gasteiger partial charge in [-0.05, 0) is 17.7 Å². The second kappa shape index (κ2) is 6.46. The van der Waals surface area contributed by atoms with E-state index in [1.54, 1.807) is 12.1 Å². The Morgan fingerprint density at radius 1 is 1.38 bits per heavy atom. The summed E-state index contributed by atoms with van der Waals surface area (Å²) in [5, 5.41) is 12.4. The molecule has 0 saturated heterocycles. The van der Waals surface area contributed by atoms with Crippen LogP contribution < -0.4 is 5.56 Å². The second-order valence-corrected chi connectivity index (χ2v) is 5.67. The second-order valence-electron chi connectivity index (χ2n) is 5.23. The molecule has 0 aliphatic rings. The number of aromatic carboxylic acids is 1. The number of benzene rings is 1. The lowest BCUT2D eigenvalue weighted by molar-refractivity contribution is 0.0698. The molecule has 2 aromatic heterocycles. The van der Waals surface area contributed by atoms with Crippen LogP contribution in [-0.2, 0) is 17.8 Å². The largest absolute Gasteiger partial charge is 0.477 e. The minimum absolute atomic E-state index is 0.0671. The molecule has 0 atom stereocenters. The number of hydrogen-bond donors (Lipinski definition) is 2. The highest BCUT2D eigenvalue weighted by atomic mass is 35.5. The highest BCUT2D eigenvalue weighted by Crippen LogP contribution is 2.16. The molecule has 8 heteroatoms. The van der Waals surface area contributed by atoms with Crippen LogP contribution in [0, 0.1) is 0 Å². The number of carbonyl (C=O) groups is 1. The van der Waals surface area contributed by atoms with Crippen molar-refractivity contribution in [3.8, 4) is 0 Å². The average molecular weight is 348 g/mol. The van der Waals surface area contributed by atoms with Crippen molar-refractivity contribution in [3.63, 3.8) is 0 Å². The zero-order valence-electron chi connectivity index (χ0n) is 12.7. The third-order valence-corrected chi connectivity index (χ3v) is 3.90. The highest BCUT2D eigenvalue weighted by Gasteiger charge is 2.19. The van der Waals surface area contributed by atoms with Gasteiger partial charge in [-0.3, -0.25) is 9.89 Å². The van der Waals surface area contributed by atoms with Crippen LogP contribution in [0.3, 0.4) is 0 Å². The number of carboxylic acid groups (broad SMARTS) is 1. The molecule has 0 bridgehead atoms. The van der Waals surface area contributed by atoms with E-state index in [0.29, 0.717) is 22.7 Å². The van der Waals surface area contributed by atoms with E-state index in [-0.39, 0.29) is 23.4 Å². The summed E-state index contributed by atoms with van der Waals surface area (Å²) in [6.07, 6.45) is 1.58. The van der Waals surface area contributed by atoms with Crippen LogP contribution in [0.1, 0.15) is 27.2 Å². The number of carboxylic acids is 1. The molecule has 0 amide bonds. The summed E-state index contributed by atoms with van der Waals surface area (Å²) in [7, 11) is 1.49. The Morgan fingerprint density at radius 3 is 2.71 bits per heavy atom. The number of rotatable bonds is 5. The highest BCUT2D eigenvalue weighted by molar-refractivity contribution is 6.30. The fourth-order valence-electron chi connectivity index (χ4n) is 2.49. The van der Waals surface area contributed by atoms with Crippen molar-refractivity contribution in [2.45, 2.75) is 13.0 Å². The number of nitrogens with zero attached hydrogens (tertiary/aromatic N) is 2. The SMILES string of the molecule is COCc1nc2c(C(=O)O)c[nH]n2c(=O)c1Cc1ccc(Cl)cc1. The van der Waals surface area contributed by atoms with Crippen LogP contribution in [0.15, 0.2) is 35.3 Å². The molecule has 0 radical (unpaired) electrons. The maximum absolute atomic E-state index is 12.7. The number of methoxy groups -OCH3 is 1. The maximum Gasteiger partial charge on any atom is 0.341 e. The molecule has 24 heavy (non-hydrogen) atoms. The van der Waals surface area contributed by atoms with Gasteiger partial charge >= 0.3 is 5.97 Å². The third kappa shape index (κ3) is 2.91. The van der Waals surface area contributed by atoms with Crippen LogP contribution in [0.5, 0.6) is 0 Å². The van der Waals surface area contributed by atoms with Crippen molar-refractivity contribution in [1.82, 2.24) is 14.6 Å². The van der Waals surface area contributed by atoms with Crippen molar-refractivity contribution < 1.29 is 14.6 Å². The summed E-state index contributed by atoms with van der Waals surface area (Å²) in [5.74, 6) is -1.16. The van der Waals surface area contributed by atoms with Crippen LogP contribution in [0.4, 0.5) is 0 Å². The van der Waals surface area contributed by atoms with Gasteiger partial charge in [-0.1, -0.05) is 23.7 Å². The van der Waals surface area contributed by atoms with E-state index in [1.165, 1.54) is 13.3 Å². The van der Waals surface area contributed by atoms with E-state index in [4.69, 9.17) is 16.3 Å². The number of ether oxygens (including phenoxy) is 1. The summed E-state index contributed by atoms with van der Waals surface area (Å²) in [4.78, 5) is 28.3. The quantitative estimate of drug-likeness (QED) is 0.736. The summed E-state index contributed by atoms with van der Waals surface area (Å²) >= 11 is 5.88. The molecule has 0 saturated carbocycles. The van der Waals surface area contributed by atoms with Gasteiger partial charge < -0.3 is 9.84 Å². The van der Waals surface area contributed by atoms with Gasteiger partial charge in [-0.15, -0.1) is 0 Å².